The topological polar surface area (TPSA) is 20.3 Å². The Morgan fingerprint density at radius 3 is 2.33 bits per heavy atom. The number of hydrogen-bond acceptors (Lipinski definition) is 1. The van der Waals surface area contributed by atoms with E-state index in [-0.39, 0.29) is 5.91 Å². The first-order chi connectivity index (χ1) is 11.4. The number of rotatable bonds is 2. The molecule has 0 aromatic heterocycles. The van der Waals surface area contributed by atoms with Crippen molar-refractivity contribution in [2.24, 2.45) is 0 Å². The summed E-state index contributed by atoms with van der Waals surface area (Å²) in [5.74, 6) is -0.0903. The number of fused-ring (bicyclic) bond motifs is 1. The van der Waals surface area contributed by atoms with Gasteiger partial charge in [0, 0.05) is 13.1 Å². The number of amides is 1. The largest absolute Gasteiger partial charge is 0.416 e. The molecule has 0 fully saturated rings. The number of carbonyl (C=O) groups excluding carboxylic acids is 1. The highest BCUT2D eigenvalue weighted by atomic mass is 19.4. The van der Waals surface area contributed by atoms with Crippen LogP contribution in [0.15, 0.2) is 55.1 Å². The Balaban J connectivity index is 1.85. The van der Waals surface area contributed by atoms with E-state index in [0.717, 1.165) is 40.8 Å². The van der Waals surface area contributed by atoms with Crippen molar-refractivity contribution in [1.82, 2.24) is 4.90 Å². The molecule has 1 aliphatic rings. The number of alkyl halides is 3. The maximum atomic E-state index is 12.6. The standard InChI is InChI=1S/C19H16F3NO/c1-2-18(24)23-10-9-15-11-14(3-4-16(15)12-23)13-5-7-17(8-6-13)19(20,21)22/h2-8,11H,1,9-10,12H2. The van der Waals surface area contributed by atoms with Gasteiger partial charge in [-0.1, -0.05) is 36.9 Å². The first-order valence-electron chi connectivity index (χ1n) is 7.59. The maximum absolute atomic E-state index is 12.6. The zero-order chi connectivity index (χ0) is 17.3. The van der Waals surface area contributed by atoms with Crippen LogP contribution in [0, 0.1) is 0 Å². The van der Waals surface area contributed by atoms with Crippen LogP contribution in [0.3, 0.4) is 0 Å². The summed E-state index contributed by atoms with van der Waals surface area (Å²) in [7, 11) is 0. The smallest absolute Gasteiger partial charge is 0.335 e. The minimum absolute atomic E-state index is 0.0903. The third kappa shape index (κ3) is 3.20. The van der Waals surface area contributed by atoms with E-state index in [9.17, 15) is 18.0 Å². The van der Waals surface area contributed by atoms with Crippen LogP contribution in [-0.4, -0.2) is 17.4 Å². The molecule has 0 N–H and O–H groups in total. The van der Waals surface area contributed by atoms with Crippen molar-refractivity contribution in [3.8, 4) is 11.1 Å². The van der Waals surface area contributed by atoms with Gasteiger partial charge >= 0.3 is 6.18 Å². The predicted molar refractivity (Wildman–Crippen MR) is 86.2 cm³/mol. The lowest BCUT2D eigenvalue weighted by Crippen LogP contribution is -2.34. The van der Waals surface area contributed by atoms with Gasteiger partial charge in [-0.25, -0.2) is 0 Å². The van der Waals surface area contributed by atoms with Gasteiger partial charge in [0.1, 0.15) is 0 Å². The van der Waals surface area contributed by atoms with Gasteiger partial charge in [-0.05, 0) is 46.9 Å². The highest BCUT2D eigenvalue weighted by Gasteiger charge is 2.30. The molecule has 0 saturated carbocycles. The third-order valence-corrected chi connectivity index (χ3v) is 4.25. The monoisotopic (exact) mass is 331 g/mol. The average molecular weight is 331 g/mol. The Morgan fingerprint density at radius 1 is 1.04 bits per heavy atom. The van der Waals surface area contributed by atoms with Gasteiger partial charge in [0.2, 0.25) is 5.91 Å². The van der Waals surface area contributed by atoms with Crippen LogP contribution in [0.1, 0.15) is 16.7 Å². The Bertz CT molecular complexity index is 778. The Hall–Kier alpha value is -2.56. The Morgan fingerprint density at radius 2 is 1.71 bits per heavy atom. The van der Waals surface area contributed by atoms with E-state index in [2.05, 4.69) is 6.58 Å². The lowest BCUT2D eigenvalue weighted by atomic mass is 9.94. The van der Waals surface area contributed by atoms with Gasteiger partial charge in [0.25, 0.3) is 0 Å². The molecule has 1 amide bonds. The van der Waals surface area contributed by atoms with Gasteiger partial charge in [0.05, 0.1) is 5.56 Å². The molecule has 0 radical (unpaired) electrons. The highest BCUT2D eigenvalue weighted by molar-refractivity contribution is 5.87. The molecule has 2 nitrogen and oxygen atoms in total. The number of halogens is 3. The summed E-state index contributed by atoms with van der Waals surface area (Å²) in [6, 6.07) is 11.0. The normalized spacial score (nSPS) is 14.2. The van der Waals surface area contributed by atoms with Crippen molar-refractivity contribution >= 4 is 5.91 Å². The summed E-state index contributed by atoms with van der Waals surface area (Å²) in [6.07, 6.45) is -2.29. The lowest BCUT2D eigenvalue weighted by Gasteiger charge is -2.28. The molecule has 2 aromatic carbocycles. The van der Waals surface area contributed by atoms with Crippen molar-refractivity contribution < 1.29 is 18.0 Å². The fourth-order valence-corrected chi connectivity index (χ4v) is 2.90. The highest BCUT2D eigenvalue weighted by Crippen LogP contribution is 2.32. The molecule has 0 atom stereocenters. The van der Waals surface area contributed by atoms with E-state index in [4.69, 9.17) is 0 Å². The molecular formula is C19H16F3NO. The van der Waals surface area contributed by atoms with Crippen molar-refractivity contribution in [1.29, 1.82) is 0 Å². The summed E-state index contributed by atoms with van der Waals surface area (Å²) in [4.78, 5) is 13.4. The van der Waals surface area contributed by atoms with Gasteiger partial charge in [-0.2, -0.15) is 13.2 Å². The summed E-state index contributed by atoms with van der Waals surface area (Å²) in [6.45, 7) is 4.65. The fraction of sp³-hybridized carbons (Fsp3) is 0.211. The zero-order valence-electron chi connectivity index (χ0n) is 12.9. The van der Waals surface area contributed by atoms with E-state index < -0.39 is 11.7 Å². The molecule has 24 heavy (non-hydrogen) atoms. The van der Waals surface area contributed by atoms with Gasteiger partial charge in [-0.15, -0.1) is 0 Å². The molecule has 0 bridgehead atoms. The van der Waals surface area contributed by atoms with E-state index in [1.807, 2.05) is 18.2 Å². The van der Waals surface area contributed by atoms with Crippen molar-refractivity contribution in [3.05, 3.63) is 71.8 Å². The van der Waals surface area contributed by atoms with E-state index in [0.29, 0.717) is 13.1 Å². The van der Waals surface area contributed by atoms with Gasteiger partial charge in [-0.3, -0.25) is 4.79 Å². The quantitative estimate of drug-likeness (QED) is 0.745. The minimum Gasteiger partial charge on any atom is -0.335 e. The third-order valence-electron chi connectivity index (χ3n) is 4.25. The number of nitrogens with zero attached hydrogens (tertiary/aromatic N) is 1. The molecule has 3 rings (SSSR count). The van der Waals surface area contributed by atoms with Crippen molar-refractivity contribution in [2.75, 3.05) is 6.54 Å². The summed E-state index contributed by atoms with van der Waals surface area (Å²) in [5.41, 5.74) is 3.16. The number of hydrogen-bond donors (Lipinski definition) is 0. The molecule has 0 spiro atoms. The molecule has 1 aliphatic heterocycles. The second kappa shape index (κ2) is 6.15. The predicted octanol–water partition coefficient (Wildman–Crippen LogP) is 4.44. The molecule has 0 unspecified atom stereocenters. The fourth-order valence-electron chi connectivity index (χ4n) is 2.90. The minimum atomic E-state index is -4.32. The Kier molecular flexibility index (Phi) is 4.18. The summed E-state index contributed by atoms with van der Waals surface area (Å²) in [5, 5.41) is 0. The first kappa shape index (κ1) is 16.3. The second-order valence-electron chi connectivity index (χ2n) is 5.77. The van der Waals surface area contributed by atoms with E-state index in [1.54, 1.807) is 4.90 Å². The number of carbonyl (C=O) groups is 1. The summed E-state index contributed by atoms with van der Waals surface area (Å²) < 4.78 is 37.9. The maximum Gasteiger partial charge on any atom is 0.416 e. The molecule has 124 valence electrons. The molecule has 5 heteroatoms. The van der Waals surface area contributed by atoms with Crippen LogP contribution in [-0.2, 0) is 23.9 Å². The molecular weight excluding hydrogens is 315 g/mol. The molecule has 1 heterocycles. The SMILES string of the molecule is C=CC(=O)N1CCc2cc(-c3ccc(C(F)(F)F)cc3)ccc2C1. The van der Waals surface area contributed by atoms with Crippen LogP contribution in [0.4, 0.5) is 13.2 Å². The lowest BCUT2D eigenvalue weighted by molar-refractivity contribution is -0.137. The second-order valence-corrected chi connectivity index (χ2v) is 5.77. The van der Waals surface area contributed by atoms with Crippen molar-refractivity contribution in [3.63, 3.8) is 0 Å². The molecule has 0 saturated heterocycles. The van der Waals surface area contributed by atoms with Gasteiger partial charge < -0.3 is 4.90 Å². The molecule has 0 aliphatic carbocycles. The molecule has 2 aromatic rings. The van der Waals surface area contributed by atoms with E-state index >= 15 is 0 Å². The number of benzene rings is 2. The zero-order valence-corrected chi connectivity index (χ0v) is 12.9. The van der Waals surface area contributed by atoms with Crippen LogP contribution in [0.5, 0.6) is 0 Å². The van der Waals surface area contributed by atoms with E-state index in [1.165, 1.54) is 18.2 Å². The van der Waals surface area contributed by atoms with Crippen LogP contribution in [0.2, 0.25) is 0 Å². The Labute approximate surface area is 138 Å². The first-order valence-corrected chi connectivity index (χ1v) is 7.59. The van der Waals surface area contributed by atoms with Crippen molar-refractivity contribution in [2.45, 2.75) is 19.1 Å². The summed E-state index contributed by atoms with van der Waals surface area (Å²) >= 11 is 0. The van der Waals surface area contributed by atoms with Crippen LogP contribution < -0.4 is 0 Å². The van der Waals surface area contributed by atoms with Crippen LogP contribution >= 0.6 is 0 Å². The average Bonchev–Trinajstić information content (AvgIpc) is 2.59. The van der Waals surface area contributed by atoms with Crippen LogP contribution in [0.25, 0.3) is 11.1 Å². The van der Waals surface area contributed by atoms with Gasteiger partial charge in [0.15, 0.2) is 0 Å².